The molecule has 3 rings (SSSR count). The standard InChI is InChI=1S/C18H24F2N2O3/c1-25-16-5-2-13(3-6-16)4-7-17(24)21-9-15(10-21)22-12-18(19,20)8-14(22)11-23/h2-3,5-6,14-15,23H,4,7-12H2,1H3. The SMILES string of the molecule is COc1ccc(CCC(=O)N2CC(N3CC(F)(F)CC3CO)C2)cc1. The predicted octanol–water partition coefficient (Wildman–Crippen LogP) is 1.54. The van der Waals surface area contributed by atoms with Crippen LogP contribution in [0.25, 0.3) is 0 Å². The zero-order valence-electron chi connectivity index (χ0n) is 14.3. The van der Waals surface area contributed by atoms with Crippen LogP contribution in [0.15, 0.2) is 24.3 Å². The molecule has 1 aromatic carbocycles. The van der Waals surface area contributed by atoms with Crippen molar-refractivity contribution in [3.63, 3.8) is 0 Å². The second-order valence-corrected chi connectivity index (χ2v) is 6.87. The van der Waals surface area contributed by atoms with E-state index in [1.165, 1.54) is 0 Å². The van der Waals surface area contributed by atoms with Crippen LogP contribution >= 0.6 is 0 Å². The maximum atomic E-state index is 13.5. The van der Waals surface area contributed by atoms with Crippen LogP contribution in [-0.2, 0) is 11.2 Å². The number of benzene rings is 1. The fraction of sp³-hybridized carbons (Fsp3) is 0.611. The normalized spacial score (nSPS) is 23.5. The molecule has 5 nitrogen and oxygen atoms in total. The summed E-state index contributed by atoms with van der Waals surface area (Å²) in [4.78, 5) is 15.6. The molecular weight excluding hydrogens is 330 g/mol. The van der Waals surface area contributed by atoms with Crippen molar-refractivity contribution in [2.75, 3.05) is 33.4 Å². The van der Waals surface area contributed by atoms with Gasteiger partial charge in [0.25, 0.3) is 5.92 Å². The number of aliphatic hydroxyl groups excluding tert-OH is 1. The van der Waals surface area contributed by atoms with Crippen molar-refractivity contribution in [3.8, 4) is 5.75 Å². The van der Waals surface area contributed by atoms with Crippen molar-refractivity contribution in [3.05, 3.63) is 29.8 Å². The molecule has 1 unspecified atom stereocenters. The fourth-order valence-corrected chi connectivity index (χ4v) is 3.59. The predicted molar refractivity (Wildman–Crippen MR) is 88.8 cm³/mol. The highest BCUT2D eigenvalue weighted by Gasteiger charge is 2.49. The summed E-state index contributed by atoms with van der Waals surface area (Å²) >= 11 is 0. The smallest absolute Gasteiger partial charge is 0.262 e. The number of nitrogens with zero attached hydrogens (tertiary/aromatic N) is 2. The van der Waals surface area contributed by atoms with Gasteiger partial charge in [0.15, 0.2) is 0 Å². The summed E-state index contributed by atoms with van der Waals surface area (Å²) in [6.07, 6.45) is 0.745. The zero-order valence-corrected chi connectivity index (χ0v) is 14.3. The number of halogens is 2. The Kier molecular flexibility index (Phi) is 5.24. The van der Waals surface area contributed by atoms with Crippen LogP contribution in [0.2, 0.25) is 0 Å². The van der Waals surface area contributed by atoms with Crippen LogP contribution in [0.3, 0.4) is 0 Å². The van der Waals surface area contributed by atoms with E-state index in [0.717, 1.165) is 11.3 Å². The van der Waals surface area contributed by atoms with E-state index in [9.17, 15) is 18.7 Å². The molecule has 2 aliphatic heterocycles. The van der Waals surface area contributed by atoms with E-state index in [1.54, 1.807) is 16.9 Å². The molecule has 0 aliphatic carbocycles. The average molecular weight is 354 g/mol. The third-order valence-corrected chi connectivity index (χ3v) is 5.10. The van der Waals surface area contributed by atoms with Crippen LogP contribution in [0.4, 0.5) is 8.78 Å². The van der Waals surface area contributed by atoms with E-state index < -0.39 is 12.0 Å². The van der Waals surface area contributed by atoms with Crippen molar-refractivity contribution in [1.82, 2.24) is 9.80 Å². The summed E-state index contributed by atoms with van der Waals surface area (Å²) in [5.41, 5.74) is 1.06. The highest BCUT2D eigenvalue weighted by Crippen LogP contribution is 2.35. The largest absolute Gasteiger partial charge is 0.497 e. The Labute approximate surface area is 146 Å². The summed E-state index contributed by atoms with van der Waals surface area (Å²) in [5.74, 6) is -1.92. The van der Waals surface area contributed by atoms with Gasteiger partial charge in [-0.3, -0.25) is 9.69 Å². The second-order valence-electron chi connectivity index (χ2n) is 6.87. The van der Waals surface area contributed by atoms with Crippen LogP contribution in [0.5, 0.6) is 5.75 Å². The lowest BCUT2D eigenvalue weighted by molar-refractivity contribution is -0.139. The van der Waals surface area contributed by atoms with E-state index >= 15 is 0 Å². The molecule has 25 heavy (non-hydrogen) atoms. The number of alkyl halides is 2. The van der Waals surface area contributed by atoms with Gasteiger partial charge < -0.3 is 14.7 Å². The van der Waals surface area contributed by atoms with E-state index in [2.05, 4.69) is 0 Å². The number of carbonyl (C=O) groups is 1. The van der Waals surface area contributed by atoms with E-state index in [4.69, 9.17) is 4.74 Å². The molecule has 0 saturated carbocycles. The molecule has 2 heterocycles. The van der Waals surface area contributed by atoms with Crippen LogP contribution < -0.4 is 4.74 Å². The molecule has 2 aliphatic rings. The van der Waals surface area contributed by atoms with Crippen molar-refractivity contribution < 1.29 is 23.4 Å². The van der Waals surface area contributed by atoms with Crippen molar-refractivity contribution in [1.29, 1.82) is 0 Å². The topological polar surface area (TPSA) is 53.0 Å². The molecule has 0 radical (unpaired) electrons. The van der Waals surface area contributed by atoms with Gasteiger partial charge in [0, 0.05) is 38.0 Å². The minimum absolute atomic E-state index is 0.0403. The van der Waals surface area contributed by atoms with Gasteiger partial charge >= 0.3 is 0 Å². The van der Waals surface area contributed by atoms with Crippen LogP contribution in [0, 0.1) is 0 Å². The van der Waals surface area contributed by atoms with Crippen LogP contribution in [-0.4, -0.2) is 72.2 Å². The second kappa shape index (κ2) is 7.25. The number of ether oxygens (including phenoxy) is 1. The van der Waals surface area contributed by atoms with Crippen molar-refractivity contribution >= 4 is 5.91 Å². The molecule has 1 N–H and O–H groups in total. The van der Waals surface area contributed by atoms with Gasteiger partial charge in [-0.05, 0) is 24.1 Å². The number of rotatable bonds is 6. The van der Waals surface area contributed by atoms with Gasteiger partial charge in [0.2, 0.25) is 5.91 Å². The Hall–Kier alpha value is -1.73. The molecule has 138 valence electrons. The first kappa shape index (κ1) is 18.1. The fourth-order valence-electron chi connectivity index (χ4n) is 3.59. The summed E-state index contributed by atoms with van der Waals surface area (Å²) in [6, 6.07) is 7.02. The van der Waals surface area contributed by atoms with Gasteiger partial charge in [0.05, 0.1) is 20.3 Å². The van der Waals surface area contributed by atoms with E-state index in [-0.39, 0.29) is 31.5 Å². The van der Waals surface area contributed by atoms with Gasteiger partial charge in [-0.2, -0.15) is 0 Å². The number of aryl methyl sites for hydroxylation is 1. The maximum Gasteiger partial charge on any atom is 0.262 e. The van der Waals surface area contributed by atoms with Crippen LogP contribution in [0.1, 0.15) is 18.4 Å². The Morgan fingerprint density at radius 3 is 2.60 bits per heavy atom. The first-order valence-electron chi connectivity index (χ1n) is 8.57. The maximum absolute atomic E-state index is 13.5. The summed E-state index contributed by atoms with van der Waals surface area (Å²) in [7, 11) is 1.61. The molecule has 2 fully saturated rings. The Bertz CT molecular complexity index is 603. The Morgan fingerprint density at radius 1 is 1.32 bits per heavy atom. The van der Waals surface area contributed by atoms with Crippen molar-refractivity contribution in [2.24, 2.45) is 0 Å². The monoisotopic (exact) mass is 354 g/mol. The summed E-state index contributed by atoms with van der Waals surface area (Å²) < 4.78 is 32.2. The molecule has 0 bridgehead atoms. The Morgan fingerprint density at radius 2 is 2.00 bits per heavy atom. The highest BCUT2D eigenvalue weighted by molar-refractivity contribution is 5.77. The minimum atomic E-state index is -2.74. The number of likely N-dealkylation sites (tertiary alicyclic amines) is 2. The third-order valence-electron chi connectivity index (χ3n) is 5.10. The number of methoxy groups -OCH3 is 1. The van der Waals surface area contributed by atoms with Gasteiger partial charge in [0.1, 0.15) is 5.75 Å². The van der Waals surface area contributed by atoms with Crippen molar-refractivity contribution in [2.45, 2.75) is 37.3 Å². The highest BCUT2D eigenvalue weighted by atomic mass is 19.3. The first-order chi connectivity index (χ1) is 11.9. The third kappa shape index (κ3) is 4.10. The Balaban J connectivity index is 1.45. The number of carbonyl (C=O) groups excluding carboxylic acids is 1. The first-order valence-corrected chi connectivity index (χ1v) is 8.57. The zero-order chi connectivity index (χ0) is 18.0. The molecule has 1 atom stereocenters. The lowest BCUT2D eigenvalue weighted by atomic mass is 10.0. The summed E-state index contributed by atoms with van der Waals surface area (Å²) in [5, 5.41) is 9.30. The molecule has 1 aromatic rings. The molecule has 0 aromatic heterocycles. The van der Waals surface area contributed by atoms with Gasteiger partial charge in [-0.15, -0.1) is 0 Å². The van der Waals surface area contributed by atoms with Gasteiger partial charge in [-0.25, -0.2) is 8.78 Å². The number of amides is 1. The van der Waals surface area contributed by atoms with E-state index in [0.29, 0.717) is 25.9 Å². The quantitative estimate of drug-likeness (QED) is 0.842. The molecule has 1 amide bonds. The minimum Gasteiger partial charge on any atom is -0.497 e. The molecule has 2 saturated heterocycles. The number of aliphatic hydroxyl groups is 1. The van der Waals surface area contributed by atoms with Gasteiger partial charge in [-0.1, -0.05) is 12.1 Å². The molecular formula is C18H24F2N2O3. The number of hydrogen-bond acceptors (Lipinski definition) is 4. The number of hydrogen-bond donors (Lipinski definition) is 1. The average Bonchev–Trinajstić information content (AvgIpc) is 2.86. The lowest BCUT2D eigenvalue weighted by Gasteiger charge is -2.45. The molecule has 0 spiro atoms. The lowest BCUT2D eigenvalue weighted by Crippen LogP contribution is -2.62. The molecule has 7 heteroatoms. The van der Waals surface area contributed by atoms with E-state index in [1.807, 2.05) is 24.3 Å². The summed E-state index contributed by atoms with van der Waals surface area (Å²) in [6.45, 7) is 0.344.